The lowest BCUT2D eigenvalue weighted by molar-refractivity contribution is 1.28. The molecule has 0 bridgehead atoms. The van der Waals surface area contributed by atoms with E-state index in [9.17, 15) is 0 Å². The normalized spacial score (nSPS) is 11.1. The summed E-state index contributed by atoms with van der Waals surface area (Å²) in [6.45, 7) is 2.10. The lowest BCUT2D eigenvalue weighted by atomic mass is 10.0. The maximum Gasteiger partial charge on any atom is 0.0972 e. The fourth-order valence-corrected chi connectivity index (χ4v) is 2.82. The molecule has 0 N–H and O–H groups in total. The molecule has 100 valence electrons. The second-order valence-corrected chi connectivity index (χ2v) is 5.19. The molecule has 2 nitrogen and oxygen atoms in total. The Hall–Kier alpha value is -2.74. The van der Waals surface area contributed by atoms with E-state index in [1.54, 1.807) is 0 Å². The van der Waals surface area contributed by atoms with Gasteiger partial charge in [-0.05, 0) is 30.0 Å². The molecule has 0 saturated carbocycles. The van der Waals surface area contributed by atoms with Gasteiger partial charge in [0.25, 0.3) is 0 Å². The monoisotopic (exact) mass is 270 g/mol. The first-order chi connectivity index (χ1) is 10.3. The van der Waals surface area contributed by atoms with E-state index >= 15 is 0 Å². The van der Waals surface area contributed by atoms with Gasteiger partial charge < -0.3 is 0 Å². The van der Waals surface area contributed by atoms with E-state index in [0.29, 0.717) is 0 Å². The zero-order valence-corrected chi connectivity index (χ0v) is 11.7. The second kappa shape index (κ2) is 4.67. The fourth-order valence-electron chi connectivity index (χ4n) is 2.82. The third-order valence-electron chi connectivity index (χ3n) is 3.84. The molecule has 0 saturated heterocycles. The number of hydrogen-bond acceptors (Lipinski definition) is 2. The van der Waals surface area contributed by atoms with Crippen molar-refractivity contribution in [3.05, 3.63) is 72.4 Å². The highest BCUT2D eigenvalue weighted by molar-refractivity contribution is 6.11. The third kappa shape index (κ3) is 1.88. The molecular formula is C19H14N2. The van der Waals surface area contributed by atoms with E-state index < -0.39 is 0 Å². The van der Waals surface area contributed by atoms with Gasteiger partial charge in [-0.25, -0.2) is 4.98 Å². The Morgan fingerprint density at radius 2 is 1.48 bits per heavy atom. The summed E-state index contributed by atoms with van der Waals surface area (Å²) in [5.74, 6) is 0. The zero-order chi connectivity index (χ0) is 14.2. The summed E-state index contributed by atoms with van der Waals surface area (Å²) in [4.78, 5) is 9.38. The minimum Gasteiger partial charge on any atom is -0.255 e. The molecule has 2 aromatic heterocycles. The van der Waals surface area contributed by atoms with Crippen molar-refractivity contribution < 1.29 is 0 Å². The third-order valence-corrected chi connectivity index (χ3v) is 3.84. The molecule has 2 aromatic carbocycles. The van der Waals surface area contributed by atoms with E-state index in [0.717, 1.165) is 22.3 Å². The van der Waals surface area contributed by atoms with Gasteiger partial charge in [0.2, 0.25) is 0 Å². The number of benzene rings is 2. The standard InChI is InChI=1S/C19H14N2/c1-13-7-6-10-15-14-8-2-3-9-16(14)19(21-18(13)15)17-11-4-5-12-20-17/h2-12H,1H3. The van der Waals surface area contributed by atoms with E-state index in [1.165, 1.54) is 16.3 Å². The Morgan fingerprint density at radius 3 is 2.29 bits per heavy atom. The molecule has 0 aliphatic rings. The molecule has 0 unspecified atom stereocenters. The predicted octanol–water partition coefficient (Wildman–Crippen LogP) is 4.76. The van der Waals surface area contributed by atoms with Crippen molar-refractivity contribution in [3.63, 3.8) is 0 Å². The van der Waals surface area contributed by atoms with Crippen molar-refractivity contribution in [1.82, 2.24) is 9.97 Å². The fraction of sp³-hybridized carbons (Fsp3) is 0.0526. The number of fused-ring (bicyclic) bond motifs is 3. The van der Waals surface area contributed by atoms with Crippen LogP contribution < -0.4 is 0 Å². The summed E-state index contributed by atoms with van der Waals surface area (Å²) in [5, 5.41) is 3.58. The first-order valence-electron chi connectivity index (χ1n) is 7.04. The highest BCUT2D eigenvalue weighted by Crippen LogP contribution is 2.32. The van der Waals surface area contributed by atoms with Crippen molar-refractivity contribution in [2.24, 2.45) is 0 Å². The Labute approximate surface area is 123 Å². The summed E-state index contributed by atoms with van der Waals surface area (Å²) in [6.07, 6.45) is 1.81. The average Bonchev–Trinajstić information content (AvgIpc) is 2.55. The van der Waals surface area contributed by atoms with Crippen molar-refractivity contribution in [1.29, 1.82) is 0 Å². The van der Waals surface area contributed by atoms with Gasteiger partial charge in [0.15, 0.2) is 0 Å². The number of rotatable bonds is 1. The lowest BCUT2D eigenvalue weighted by Crippen LogP contribution is -1.92. The largest absolute Gasteiger partial charge is 0.255 e. The quantitative estimate of drug-likeness (QED) is 0.466. The second-order valence-electron chi connectivity index (χ2n) is 5.19. The number of aromatic nitrogens is 2. The van der Waals surface area contributed by atoms with E-state index in [-0.39, 0.29) is 0 Å². The molecule has 0 atom stereocenters. The predicted molar refractivity (Wildman–Crippen MR) is 87.2 cm³/mol. The van der Waals surface area contributed by atoms with E-state index in [1.807, 2.05) is 24.4 Å². The van der Waals surface area contributed by atoms with Crippen LogP contribution in [0, 0.1) is 6.92 Å². The van der Waals surface area contributed by atoms with Gasteiger partial charge in [0, 0.05) is 17.0 Å². The number of pyridine rings is 2. The van der Waals surface area contributed by atoms with E-state index in [2.05, 4.69) is 54.4 Å². The van der Waals surface area contributed by atoms with Crippen LogP contribution in [0.25, 0.3) is 33.1 Å². The molecule has 0 aliphatic heterocycles. The van der Waals surface area contributed by atoms with Crippen LogP contribution in [0.3, 0.4) is 0 Å². The first kappa shape index (κ1) is 12.0. The van der Waals surface area contributed by atoms with Gasteiger partial charge in [-0.3, -0.25) is 4.98 Å². The summed E-state index contributed by atoms with van der Waals surface area (Å²) < 4.78 is 0. The average molecular weight is 270 g/mol. The summed E-state index contributed by atoms with van der Waals surface area (Å²) in [7, 11) is 0. The molecule has 0 amide bonds. The van der Waals surface area contributed by atoms with Gasteiger partial charge in [-0.2, -0.15) is 0 Å². The highest BCUT2D eigenvalue weighted by Gasteiger charge is 2.11. The SMILES string of the molecule is Cc1cccc2c1nc(-c1ccccn1)c1ccccc12. The Balaban J connectivity index is 2.21. The number of nitrogens with zero attached hydrogens (tertiary/aromatic N) is 2. The number of para-hydroxylation sites is 1. The molecule has 0 aliphatic carbocycles. The molecule has 4 rings (SSSR count). The Kier molecular flexibility index (Phi) is 2.68. The van der Waals surface area contributed by atoms with Crippen LogP contribution in [0.1, 0.15) is 5.56 Å². The molecular weight excluding hydrogens is 256 g/mol. The molecule has 2 heteroatoms. The molecule has 0 spiro atoms. The zero-order valence-electron chi connectivity index (χ0n) is 11.7. The van der Waals surface area contributed by atoms with Crippen LogP contribution in [-0.4, -0.2) is 9.97 Å². The highest BCUT2D eigenvalue weighted by atomic mass is 14.8. The number of hydrogen-bond donors (Lipinski definition) is 0. The van der Waals surface area contributed by atoms with Gasteiger partial charge >= 0.3 is 0 Å². The van der Waals surface area contributed by atoms with Crippen molar-refractivity contribution >= 4 is 21.7 Å². The molecule has 21 heavy (non-hydrogen) atoms. The van der Waals surface area contributed by atoms with Crippen LogP contribution in [0.15, 0.2) is 66.9 Å². The smallest absolute Gasteiger partial charge is 0.0972 e. The molecule has 0 radical (unpaired) electrons. The van der Waals surface area contributed by atoms with E-state index in [4.69, 9.17) is 4.98 Å². The van der Waals surface area contributed by atoms with Crippen LogP contribution >= 0.6 is 0 Å². The van der Waals surface area contributed by atoms with Crippen LogP contribution in [0.2, 0.25) is 0 Å². The summed E-state index contributed by atoms with van der Waals surface area (Å²) in [6, 6.07) is 20.7. The summed E-state index contributed by atoms with van der Waals surface area (Å²) >= 11 is 0. The molecule has 2 heterocycles. The van der Waals surface area contributed by atoms with Gasteiger partial charge in [-0.1, -0.05) is 48.5 Å². The van der Waals surface area contributed by atoms with Crippen LogP contribution in [0.5, 0.6) is 0 Å². The van der Waals surface area contributed by atoms with Crippen molar-refractivity contribution in [2.75, 3.05) is 0 Å². The summed E-state index contributed by atoms with van der Waals surface area (Å²) in [5.41, 5.74) is 4.11. The maximum atomic E-state index is 4.91. The first-order valence-corrected chi connectivity index (χ1v) is 7.04. The lowest BCUT2D eigenvalue weighted by Gasteiger charge is -2.10. The minimum atomic E-state index is 0.916. The van der Waals surface area contributed by atoms with Gasteiger partial charge in [-0.15, -0.1) is 0 Å². The Bertz CT molecular complexity index is 943. The molecule has 0 fully saturated rings. The Morgan fingerprint density at radius 1 is 0.714 bits per heavy atom. The van der Waals surface area contributed by atoms with Gasteiger partial charge in [0.05, 0.1) is 16.9 Å². The molecule has 4 aromatic rings. The van der Waals surface area contributed by atoms with Crippen molar-refractivity contribution in [3.8, 4) is 11.4 Å². The minimum absolute atomic E-state index is 0.916. The van der Waals surface area contributed by atoms with Gasteiger partial charge in [0.1, 0.15) is 0 Å². The van der Waals surface area contributed by atoms with Crippen molar-refractivity contribution in [2.45, 2.75) is 6.92 Å². The van der Waals surface area contributed by atoms with Crippen LogP contribution in [0.4, 0.5) is 0 Å². The maximum absolute atomic E-state index is 4.91. The number of aryl methyl sites for hydroxylation is 1. The van der Waals surface area contributed by atoms with Crippen LogP contribution in [-0.2, 0) is 0 Å². The topological polar surface area (TPSA) is 25.8 Å².